The molecule has 0 aliphatic carbocycles. The number of halogens is 3. The maximum absolute atomic E-state index is 12.4. The number of nitrogens with one attached hydrogen (secondary N) is 1. The molecule has 0 saturated carbocycles. The first-order chi connectivity index (χ1) is 10.7. The zero-order chi connectivity index (χ0) is 17.1. The van der Waals surface area contributed by atoms with Crippen molar-refractivity contribution in [2.24, 2.45) is 5.41 Å². The standard InChI is InChI=1S/C14H21F3N4O2/c1-3-21-8-4-6-13(2,9-21)11(22)18-7-5-10-19-12(23-20-10)14(15,16)17/h3-9H2,1-2H3,(H,18,22). The molecule has 0 radical (unpaired) electrons. The number of amides is 1. The molecule has 1 N–H and O–H groups in total. The molecule has 0 bridgehead atoms. The van der Waals surface area contributed by atoms with Gasteiger partial charge in [0.15, 0.2) is 5.82 Å². The van der Waals surface area contributed by atoms with Gasteiger partial charge in [0.2, 0.25) is 5.91 Å². The average Bonchev–Trinajstić information content (AvgIpc) is 2.96. The number of carbonyl (C=O) groups is 1. The van der Waals surface area contributed by atoms with Crippen molar-refractivity contribution in [2.75, 3.05) is 26.2 Å². The molecule has 1 fully saturated rings. The van der Waals surface area contributed by atoms with Crippen LogP contribution in [0.4, 0.5) is 13.2 Å². The van der Waals surface area contributed by atoms with Crippen LogP contribution in [0.3, 0.4) is 0 Å². The number of carbonyl (C=O) groups excluding carboxylic acids is 1. The topological polar surface area (TPSA) is 71.3 Å². The van der Waals surface area contributed by atoms with E-state index in [1.165, 1.54) is 0 Å². The first-order valence-corrected chi connectivity index (χ1v) is 7.65. The zero-order valence-electron chi connectivity index (χ0n) is 13.2. The maximum Gasteiger partial charge on any atom is 0.471 e. The Bertz CT molecular complexity index is 546. The van der Waals surface area contributed by atoms with Crippen LogP contribution in [-0.4, -0.2) is 47.1 Å². The van der Waals surface area contributed by atoms with E-state index >= 15 is 0 Å². The van der Waals surface area contributed by atoms with Crippen molar-refractivity contribution in [3.8, 4) is 0 Å². The van der Waals surface area contributed by atoms with Gasteiger partial charge in [-0.15, -0.1) is 0 Å². The summed E-state index contributed by atoms with van der Waals surface area (Å²) < 4.78 is 41.2. The second kappa shape index (κ2) is 6.86. The summed E-state index contributed by atoms with van der Waals surface area (Å²) in [7, 11) is 0. The van der Waals surface area contributed by atoms with Crippen LogP contribution in [0.15, 0.2) is 4.52 Å². The minimum atomic E-state index is -4.65. The Kier molecular flexibility index (Phi) is 5.28. The number of hydrogen-bond acceptors (Lipinski definition) is 5. The molecule has 9 heteroatoms. The van der Waals surface area contributed by atoms with Crippen molar-refractivity contribution in [1.82, 2.24) is 20.4 Å². The van der Waals surface area contributed by atoms with Gasteiger partial charge in [0.25, 0.3) is 0 Å². The lowest BCUT2D eigenvalue weighted by molar-refractivity contribution is -0.159. The van der Waals surface area contributed by atoms with Crippen LogP contribution in [0.5, 0.6) is 0 Å². The highest BCUT2D eigenvalue weighted by Crippen LogP contribution is 2.29. The number of hydrogen-bond donors (Lipinski definition) is 1. The molecule has 130 valence electrons. The van der Waals surface area contributed by atoms with Crippen LogP contribution in [0.25, 0.3) is 0 Å². The fraction of sp³-hybridized carbons (Fsp3) is 0.786. The van der Waals surface area contributed by atoms with Crippen LogP contribution in [-0.2, 0) is 17.4 Å². The third-order valence-electron chi connectivity index (χ3n) is 4.12. The van der Waals surface area contributed by atoms with E-state index in [0.717, 1.165) is 25.9 Å². The fourth-order valence-electron chi connectivity index (χ4n) is 2.77. The molecule has 1 saturated heterocycles. The van der Waals surface area contributed by atoms with Gasteiger partial charge in [-0.05, 0) is 32.9 Å². The van der Waals surface area contributed by atoms with E-state index in [1.807, 2.05) is 6.92 Å². The third kappa shape index (κ3) is 4.43. The highest BCUT2D eigenvalue weighted by Gasteiger charge is 2.39. The van der Waals surface area contributed by atoms with Gasteiger partial charge in [-0.25, -0.2) is 0 Å². The van der Waals surface area contributed by atoms with Gasteiger partial charge in [0.05, 0.1) is 5.41 Å². The highest BCUT2D eigenvalue weighted by atomic mass is 19.4. The van der Waals surface area contributed by atoms with Crippen LogP contribution < -0.4 is 5.32 Å². The van der Waals surface area contributed by atoms with Crippen molar-refractivity contribution in [3.05, 3.63) is 11.7 Å². The summed E-state index contributed by atoms with van der Waals surface area (Å²) in [4.78, 5) is 17.8. The highest BCUT2D eigenvalue weighted by molar-refractivity contribution is 5.82. The largest absolute Gasteiger partial charge is 0.471 e. The molecular weight excluding hydrogens is 313 g/mol. The van der Waals surface area contributed by atoms with E-state index < -0.39 is 17.5 Å². The Labute approximate surface area is 132 Å². The summed E-state index contributed by atoms with van der Waals surface area (Å²) in [5.74, 6) is -1.52. The molecule has 1 atom stereocenters. The molecule has 1 aromatic rings. The molecule has 6 nitrogen and oxygen atoms in total. The smallest absolute Gasteiger partial charge is 0.355 e. The molecule has 1 unspecified atom stereocenters. The Morgan fingerprint density at radius 3 is 2.83 bits per heavy atom. The number of nitrogens with zero attached hydrogens (tertiary/aromatic N) is 3. The minimum absolute atomic E-state index is 0.0680. The van der Waals surface area contributed by atoms with Gasteiger partial charge >= 0.3 is 12.1 Å². The van der Waals surface area contributed by atoms with Gasteiger partial charge in [-0.1, -0.05) is 12.1 Å². The molecule has 0 aromatic carbocycles. The van der Waals surface area contributed by atoms with E-state index in [2.05, 4.69) is 31.8 Å². The Hall–Kier alpha value is -1.64. The number of piperidine rings is 1. The van der Waals surface area contributed by atoms with Crippen LogP contribution in [0.2, 0.25) is 0 Å². The van der Waals surface area contributed by atoms with Crippen molar-refractivity contribution in [1.29, 1.82) is 0 Å². The monoisotopic (exact) mass is 334 g/mol. The van der Waals surface area contributed by atoms with Gasteiger partial charge in [-0.3, -0.25) is 4.79 Å². The van der Waals surface area contributed by atoms with E-state index in [1.54, 1.807) is 0 Å². The van der Waals surface area contributed by atoms with E-state index in [4.69, 9.17) is 0 Å². The third-order valence-corrected chi connectivity index (χ3v) is 4.12. The summed E-state index contributed by atoms with van der Waals surface area (Å²) in [6.07, 6.45) is -2.79. The molecule has 2 heterocycles. The second-order valence-electron chi connectivity index (χ2n) is 6.05. The van der Waals surface area contributed by atoms with Crippen LogP contribution in [0, 0.1) is 5.41 Å². The van der Waals surface area contributed by atoms with Gasteiger partial charge in [0, 0.05) is 19.5 Å². The van der Waals surface area contributed by atoms with E-state index in [0.29, 0.717) is 6.54 Å². The number of likely N-dealkylation sites (tertiary alicyclic amines) is 1. The molecule has 1 amide bonds. The van der Waals surface area contributed by atoms with Crippen molar-refractivity contribution >= 4 is 5.91 Å². The Morgan fingerprint density at radius 1 is 1.48 bits per heavy atom. The summed E-state index contributed by atoms with van der Waals surface area (Å²) >= 11 is 0. The lowest BCUT2D eigenvalue weighted by Gasteiger charge is -2.38. The molecule has 23 heavy (non-hydrogen) atoms. The minimum Gasteiger partial charge on any atom is -0.355 e. The summed E-state index contributed by atoms with van der Waals surface area (Å²) in [6.45, 7) is 6.72. The molecule has 1 aliphatic rings. The van der Waals surface area contributed by atoms with Gasteiger partial charge in [-0.2, -0.15) is 18.2 Å². The number of alkyl halides is 3. The summed E-state index contributed by atoms with van der Waals surface area (Å²) in [5.41, 5.74) is -0.470. The first kappa shape index (κ1) is 17.7. The van der Waals surface area contributed by atoms with Crippen LogP contribution in [0.1, 0.15) is 38.4 Å². The Morgan fingerprint density at radius 2 is 2.22 bits per heavy atom. The summed E-state index contributed by atoms with van der Waals surface area (Å²) in [6, 6.07) is 0. The van der Waals surface area contributed by atoms with Crippen molar-refractivity contribution < 1.29 is 22.5 Å². The van der Waals surface area contributed by atoms with Crippen molar-refractivity contribution in [2.45, 2.75) is 39.3 Å². The molecule has 2 rings (SSSR count). The Balaban J connectivity index is 1.83. The zero-order valence-corrected chi connectivity index (χ0v) is 13.2. The molecule has 1 aliphatic heterocycles. The van der Waals surface area contributed by atoms with Crippen molar-refractivity contribution in [3.63, 3.8) is 0 Å². The van der Waals surface area contributed by atoms with E-state index in [9.17, 15) is 18.0 Å². The lowest BCUT2D eigenvalue weighted by atomic mass is 9.81. The van der Waals surface area contributed by atoms with Crippen LogP contribution >= 0.6 is 0 Å². The molecule has 1 aromatic heterocycles. The second-order valence-corrected chi connectivity index (χ2v) is 6.05. The SMILES string of the molecule is CCN1CCCC(C)(C(=O)NCCc2noc(C(F)(F)F)n2)C1. The lowest BCUT2D eigenvalue weighted by Crippen LogP contribution is -2.50. The van der Waals surface area contributed by atoms with E-state index in [-0.39, 0.29) is 24.7 Å². The first-order valence-electron chi connectivity index (χ1n) is 7.65. The quantitative estimate of drug-likeness (QED) is 0.890. The predicted octanol–water partition coefficient (Wildman–Crippen LogP) is 1.87. The van der Waals surface area contributed by atoms with Gasteiger partial charge < -0.3 is 14.7 Å². The molecule has 0 spiro atoms. The fourth-order valence-corrected chi connectivity index (χ4v) is 2.77. The number of rotatable bonds is 5. The summed E-state index contributed by atoms with van der Waals surface area (Å²) in [5, 5.41) is 6.03. The molecular formula is C14H21F3N4O2. The van der Waals surface area contributed by atoms with Gasteiger partial charge in [0.1, 0.15) is 0 Å². The normalized spacial score (nSPS) is 23.0. The average molecular weight is 334 g/mol. The maximum atomic E-state index is 12.4. The predicted molar refractivity (Wildman–Crippen MR) is 75.5 cm³/mol. The number of aromatic nitrogens is 2.